The first kappa shape index (κ1) is 15.8. The van der Waals surface area contributed by atoms with Gasteiger partial charge < -0.3 is 15.2 Å². The molecule has 114 valence electrons. The van der Waals surface area contributed by atoms with Gasteiger partial charge in [-0.3, -0.25) is 0 Å². The van der Waals surface area contributed by atoms with Crippen LogP contribution in [-0.2, 0) is 4.74 Å². The van der Waals surface area contributed by atoms with Crippen molar-refractivity contribution in [2.45, 2.75) is 39.3 Å². The van der Waals surface area contributed by atoms with Crippen LogP contribution in [0.25, 0.3) is 10.8 Å². The van der Waals surface area contributed by atoms with Crippen LogP contribution < -0.4 is 10.5 Å². The average Bonchev–Trinajstić information content (AvgIpc) is 2.42. The summed E-state index contributed by atoms with van der Waals surface area (Å²) >= 11 is 0. The number of hydrogen-bond acceptors (Lipinski definition) is 3. The lowest BCUT2D eigenvalue weighted by molar-refractivity contribution is -0.0162. The summed E-state index contributed by atoms with van der Waals surface area (Å²) in [6.07, 6.45) is 0. The van der Waals surface area contributed by atoms with E-state index in [2.05, 4.69) is 18.2 Å². The average molecular weight is 287 g/mol. The highest BCUT2D eigenvalue weighted by Gasteiger charge is 2.13. The molecule has 0 aliphatic heterocycles. The highest BCUT2D eigenvalue weighted by atomic mass is 16.5. The molecule has 2 rings (SSSR count). The zero-order valence-corrected chi connectivity index (χ0v) is 13.3. The molecule has 0 fully saturated rings. The molecule has 0 radical (unpaired) electrons. The Kier molecular flexibility index (Phi) is 4.86. The van der Waals surface area contributed by atoms with Gasteiger partial charge in [-0.25, -0.2) is 0 Å². The van der Waals surface area contributed by atoms with Crippen molar-refractivity contribution in [3.63, 3.8) is 0 Å². The molecule has 0 amide bonds. The zero-order valence-electron chi connectivity index (χ0n) is 13.3. The van der Waals surface area contributed by atoms with E-state index >= 15 is 0 Å². The maximum atomic E-state index is 6.07. The second kappa shape index (κ2) is 6.46. The first-order valence-corrected chi connectivity index (χ1v) is 7.42. The first-order chi connectivity index (χ1) is 9.88. The number of rotatable bonds is 5. The molecule has 0 aliphatic rings. The smallest absolute Gasteiger partial charge is 0.131 e. The lowest BCUT2D eigenvalue weighted by Crippen LogP contribution is -2.22. The molecule has 0 saturated carbocycles. The van der Waals surface area contributed by atoms with Crippen molar-refractivity contribution in [1.29, 1.82) is 0 Å². The van der Waals surface area contributed by atoms with Crippen molar-refractivity contribution in [3.05, 3.63) is 42.0 Å². The van der Waals surface area contributed by atoms with Gasteiger partial charge in [0.1, 0.15) is 12.4 Å². The van der Waals surface area contributed by atoms with Crippen LogP contribution in [0.4, 0.5) is 0 Å². The van der Waals surface area contributed by atoms with Crippen molar-refractivity contribution >= 4 is 10.8 Å². The number of nitrogens with two attached hydrogens (primary N) is 1. The minimum Gasteiger partial charge on any atom is -0.490 e. The van der Waals surface area contributed by atoms with E-state index in [1.807, 2.05) is 45.9 Å². The van der Waals surface area contributed by atoms with Gasteiger partial charge in [0.15, 0.2) is 0 Å². The van der Waals surface area contributed by atoms with Crippen LogP contribution in [0.5, 0.6) is 5.75 Å². The molecule has 1 atom stereocenters. The molecule has 2 aromatic carbocycles. The molecule has 0 aliphatic carbocycles. The molecule has 0 aromatic heterocycles. The van der Waals surface area contributed by atoms with E-state index < -0.39 is 0 Å². The maximum absolute atomic E-state index is 6.07. The number of fused-ring (bicyclic) bond motifs is 1. The van der Waals surface area contributed by atoms with Gasteiger partial charge in [-0.15, -0.1) is 0 Å². The van der Waals surface area contributed by atoms with Gasteiger partial charge in [0.25, 0.3) is 0 Å². The van der Waals surface area contributed by atoms with Crippen molar-refractivity contribution in [1.82, 2.24) is 0 Å². The summed E-state index contributed by atoms with van der Waals surface area (Å²) in [5.74, 6) is 0.876. The molecule has 0 bridgehead atoms. The van der Waals surface area contributed by atoms with E-state index in [1.54, 1.807) is 0 Å². The number of hydrogen-bond donors (Lipinski definition) is 1. The van der Waals surface area contributed by atoms with Gasteiger partial charge in [0.2, 0.25) is 0 Å². The van der Waals surface area contributed by atoms with Crippen LogP contribution in [0.1, 0.15) is 39.3 Å². The summed E-state index contributed by atoms with van der Waals surface area (Å²) in [5.41, 5.74) is 6.95. The second-order valence-corrected chi connectivity index (χ2v) is 6.30. The molecular weight excluding hydrogens is 262 g/mol. The van der Waals surface area contributed by atoms with Crippen LogP contribution >= 0.6 is 0 Å². The van der Waals surface area contributed by atoms with E-state index in [1.165, 1.54) is 0 Å². The van der Waals surface area contributed by atoms with Gasteiger partial charge in [0, 0.05) is 17.0 Å². The Morgan fingerprint density at radius 1 is 1.05 bits per heavy atom. The molecule has 2 N–H and O–H groups in total. The summed E-state index contributed by atoms with van der Waals surface area (Å²) in [6.45, 7) is 9.17. The SMILES string of the molecule is CC(N)c1ccc2ccccc2c1OCCOC(C)(C)C. The Labute approximate surface area is 127 Å². The third-order valence-electron chi connectivity index (χ3n) is 3.27. The third-order valence-corrected chi connectivity index (χ3v) is 3.27. The molecular formula is C18H25NO2. The van der Waals surface area contributed by atoms with Gasteiger partial charge in [-0.1, -0.05) is 36.4 Å². The predicted octanol–water partition coefficient (Wildman–Crippen LogP) is 4.05. The zero-order chi connectivity index (χ0) is 15.5. The lowest BCUT2D eigenvalue weighted by Gasteiger charge is -2.21. The predicted molar refractivity (Wildman–Crippen MR) is 87.8 cm³/mol. The van der Waals surface area contributed by atoms with Gasteiger partial charge in [0.05, 0.1) is 12.2 Å². The summed E-state index contributed by atoms with van der Waals surface area (Å²) in [5, 5.41) is 2.26. The highest BCUT2D eigenvalue weighted by Crippen LogP contribution is 2.32. The van der Waals surface area contributed by atoms with E-state index in [-0.39, 0.29) is 11.6 Å². The molecule has 0 heterocycles. The van der Waals surface area contributed by atoms with Gasteiger partial charge in [-0.05, 0) is 33.1 Å². The monoisotopic (exact) mass is 287 g/mol. The molecule has 0 saturated heterocycles. The Bertz CT molecular complexity index is 600. The van der Waals surface area contributed by atoms with E-state index in [0.29, 0.717) is 13.2 Å². The quantitative estimate of drug-likeness (QED) is 0.844. The fourth-order valence-corrected chi connectivity index (χ4v) is 2.27. The number of benzene rings is 2. The van der Waals surface area contributed by atoms with E-state index in [4.69, 9.17) is 15.2 Å². The van der Waals surface area contributed by atoms with Crippen molar-refractivity contribution in [3.8, 4) is 5.75 Å². The second-order valence-electron chi connectivity index (χ2n) is 6.30. The summed E-state index contributed by atoms with van der Waals surface area (Å²) in [6, 6.07) is 12.3. The van der Waals surface area contributed by atoms with Crippen LogP contribution in [0.3, 0.4) is 0 Å². The van der Waals surface area contributed by atoms with Crippen molar-refractivity contribution < 1.29 is 9.47 Å². The Balaban J connectivity index is 2.21. The Morgan fingerprint density at radius 3 is 2.43 bits per heavy atom. The topological polar surface area (TPSA) is 44.5 Å². The Hall–Kier alpha value is -1.58. The number of ether oxygens (including phenoxy) is 2. The minimum atomic E-state index is -0.147. The normalized spacial score (nSPS) is 13.4. The first-order valence-electron chi connectivity index (χ1n) is 7.42. The van der Waals surface area contributed by atoms with Crippen LogP contribution in [0.15, 0.2) is 36.4 Å². The van der Waals surface area contributed by atoms with Crippen molar-refractivity contribution in [2.75, 3.05) is 13.2 Å². The molecule has 3 nitrogen and oxygen atoms in total. The molecule has 3 heteroatoms. The van der Waals surface area contributed by atoms with Crippen LogP contribution in [0, 0.1) is 0 Å². The van der Waals surface area contributed by atoms with Gasteiger partial charge in [-0.2, -0.15) is 0 Å². The van der Waals surface area contributed by atoms with Crippen LogP contribution in [-0.4, -0.2) is 18.8 Å². The molecule has 2 aromatic rings. The summed E-state index contributed by atoms with van der Waals surface area (Å²) < 4.78 is 11.7. The highest BCUT2D eigenvalue weighted by molar-refractivity contribution is 5.89. The van der Waals surface area contributed by atoms with E-state index in [0.717, 1.165) is 22.1 Å². The fourth-order valence-electron chi connectivity index (χ4n) is 2.27. The summed E-state index contributed by atoms with van der Waals surface area (Å²) in [4.78, 5) is 0. The third kappa shape index (κ3) is 4.19. The maximum Gasteiger partial charge on any atom is 0.131 e. The molecule has 1 unspecified atom stereocenters. The fraction of sp³-hybridized carbons (Fsp3) is 0.444. The summed E-state index contributed by atoms with van der Waals surface area (Å²) in [7, 11) is 0. The Morgan fingerprint density at radius 2 is 1.76 bits per heavy atom. The largest absolute Gasteiger partial charge is 0.490 e. The van der Waals surface area contributed by atoms with Crippen LogP contribution in [0.2, 0.25) is 0 Å². The molecule has 21 heavy (non-hydrogen) atoms. The lowest BCUT2D eigenvalue weighted by atomic mass is 10.0. The minimum absolute atomic E-state index is 0.0619. The standard InChI is InChI=1S/C18H25NO2/c1-13(19)15-10-9-14-7-5-6-8-16(14)17(15)20-11-12-21-18(2,3)4/h5-10,13H,11-12,19H2,1-4H3. The van der Waals surface area contributed by atoms with Gasteiger partial charge >= 0.3 is 0 Å². The molecule has 0 spiro atoms. The van der Waals surface area contributed by atoms with E-state index in [9.17, 15) is 0 Å². The van der Waals surface area contributed by atoms with Crippen molar-refractivity contribution in [2.24, 2.45) is 5.73 Å².